The number of benzene rings is 4. The molecule has 4 aromatic rings. The van der Waals surface area contributed by atoms with E-state index in [-0.39, 0.29) is 5.82 Å². The molecule has 0 aromatic heterocycles. The zero-order chi connectivity index (χ0) is 23.0. The van der Waals surface area contributed by atoms with Crippen molar-refractivity contribution >= 4 is 10.8 Å². The fraction of sp³-hybridized carbons (Fsp3) is 0.188. The van der Waals surface area contributed by atoms with E-state index in [0.717, 1.165) is 28.5 Å². The van der Waals surface area contributed by atoms with E-state index >= 15 is 4.39 Å². The molecule has 0 heterocycles. The molecule has 0 spiro atoms. The summed E-state index contributed by atoms with van der Waals surface area (Å²) in [5, 5.41) is 1.56. The fourth-order valence-corrected chi connectivity index (χ4v) is 3.73. The van der Waals surface area contributed by atoms with E-state index in [2.05, 4.69) is 55.7 Å². The monoisotopic (exact) mass is 430 g/mol. The van der Waals surface area contributed by atoms with Crippen LogP contribution >= 0.6 is 0 Å². The molecule has 0 atom stereocenters. The molecular weight excluding hydrogens is 403 g/mol. The van der Waals surface area contributed by atoms with Gasteiger partial charge in [0.15, 0.2) is 0 Å². The summed E-state index contributed by atoms with van der Waals surface area (Å²) in [4.78, 5) is 0. The molecule has 0 aliphatic rings. The second-order valence-corrected chi connectivity index (χ2v) is 8.38. The zero-order valence-electron chi connectivity index (χ0n) is 19.2. The Labute approximate surface area is 196 Å². The predicted molar refractivity (Wildman–Crippen MR) is 137 cm³/mol. The Hall–Kier alpha value is -3.81. The molecule has 0 saturated carbocycles. The molecule has 33 heavy (non-hydrogen) atoms. The minimum Gasteiger partial charge on any atom is -0.205 e. The van der Waals surface area contributed by atoms with E-state index in [1.54, 1.807) is 6.07 Å². The van der Waals surface area contributed by atoms with Crippen LogP contribution in [0, 0.1) is 36.4 Å². The summed E-state index contributed by atoms with van der Waals surface area (Å²) in [6, 6.07) is 25.7. The quantitative estimate of drug-likeness (QED) is 0.229. The highest BCUT2D eigenvalue weighted by molar-refractivity contribution is 5.85. The zero-order valence-corrected chi connectivity index (χ0v) is 19.2. The maximum absolute atomic E-state index is 15.0. The number of rotatable bonds is 4. The van der Waals surface area contributed by atoms with E-state index in [9.17, 15) is 0 Å². The summed E-state index contributed by atoms with van der Waals surface area (Å²) in [5.41, 5.74) is 5.65. The minimum atomic E-state index is -0.249. The van der Waals surface area contributed by atoms with Crippen LogP contribution < -0.4 is 0 Å². The first-order valence-corrected chi connectivity index (χ1v) is 11.5. The van der Waals surface area contributed by atoms with Crippen molar-refractivity contribution in [1.82, 2.24) is 0 Å². The molecule has 0 fully saturated rings. The molecule has 0 saturated heterocycles. The summed E-state index contributed by atoms with van der Waals surface area (Å²) in [6.45, 7) is 4.26. The van der Waals surface area contributed by atoms with Gasteiger partial charge >= 0.3 is 0 Å². The van der Waals surface area contributed by atoms with Crippen molar-refractivity contribution in [3.8, 4) is 23.7 Å². The Morgan fingerprint density at radius 2 is 1.27 bits per heavy atom. The largest absolute Gasteiger partial charge is 0.205 e. The predicted octanol–water partition coefficient (Wildman–Crippen LogP) is 7.82. The number of fused-ring (bicyclic) bond motifs is 1. The van der Waals surface area contributed by atoms with Gasteiger partial charge in [0.2, 0.25) is 0 Å². The van der Waals surface area contributed by atoms with Crippen molar-refractivity contribution in [3.05, 3.63) is 118 Å². The van der Waals surface area contributed by atoms with Gasteiger partial charge in [-0.2, -0.15) is 0 Å². The standard InChI is InChI=1S/C32H27F/c1-3-4-5-6-28-18-22-31-30(23-28)21-20-29(32(31)33)19-17-27-15-13-26(14-16-27)12-11-25-9-7-24(2)8-10-25/h7-10,13-16,18,20-23H,3-6H2,1-2H3. The number of aryl methyl sites for hydroxylation is 2. The van der Waals surface area contributed by atoms with Gasteiger partial charge in [-0.3, -0.25) is 0 Å². The van der Waals surface area contributed by atoms with Crippen molar-refractivity contribution in [1.29, 1.82) is 0 Å². The molecule has 1 heteroatoms. The highest BCUT2D eigenvalue weighted by Crippen LogP contribution is 2.23. The maximum atomic E-state index is 15.0. The first kappa shape index (κ1) is 22.4. The lowest BCUT2D eigenvalue weighted by Gasteiger charge is -2.06. The molecule has 0 radical (unpaired) electrons. The van der Waals surface area contributed by atoms with Gasteiger partial charge in [0.25, 0.3) is 0 Å². The third-order valence-corrected chi connectivity index (χ3v) is 5.72. The molecule has 162 valence electrons. The van der Waals surface area contributed by atoms with Gasteiger partial charge in [-0.15, -0.1) is 0 Å². The average Bonchev–Trinajstić information content (AvgIpc) is 2.84. The summed E-state index contributed by atoms with van der Waals surface area (Å²) in [6.07, 6.45) is 4.64. The number of hydrogen-bond acceptors (Lipinski definition) is 0. The van der Waals surface area contributed by atoms with Gasteiger partial charge in [0.05, 0.1) is 5.56 Å². The van der Waals surface area contributed by atoms with Gasteiger partial charge in [0.1, 0.15) is 5.82 Å². The van der Waals surface area contributed by atoms with Crippen LogP contribution in [0.2, 0.25) is 0 Å². The molecule has 0 bridgehead atoms. The summed E-state index contributed by atoms with van der Waals surface area (Å²) >= 11 is 0. The third-order valence-electron chi connectivity index (χ3n) is 5.72. The number of halogens is 1. The Bertz CT molecular complexity index is 1370. The van der Waals surface area contributed by atoms with E-state index in [1.165, 1.54) is 30.4 Å². The lowest BCUT2D eigenvalue weighted by atomic mass is 10.0. The molecule has 0 nitrogen and oxygen atoms in total. The third kappa shape index (κ3) is 5.91. The molecule has 0 amide bonds. The fourth-order valence-electron chi connectivity index (χ4n) is 3.73. The van der Waals surface area contributed by atoms with E-state index in [0.29, 0.717) is 10.9 Å². The van der Waals surface area contributed by atoms with Crippen LogP contribution in [0.4, 0.5) is 4.39 Å². The number of unbranched alkanes of at least 4 members (excludes halogenated alkanes) is 2. The average molecular weight is 431 g/mol. The Morgan fingerprint density at radius 1 is 0.667 bits per heavy atom. The lowest BCUT2D eigenvalue weighted by Crippen LogP contribution is -1.90. The molecule has 0 N–H and O–H groups in total. The SMILES string of the molecule is CCCCCc1ccc2c(F)c(C#Cc3ccc(C#Cc4ccc(C)cc4)cc3)ccc2c1. The van der Waals surface area contributed by atoms with Crippen molar-refractivity contribution < 1.29 is 4.39 Å². The smallest absolute Gasteiger partial charge is 0.146 e. The Kier molecular flexibility index (Phi) is 7.24. The van der Waals surface area contributed by atoms with E-state index < -0.39 is 0 Å². The van der Waals surface area contributed by atoms with Crippen LogP contribution in [0.25, 0.3) is 10.8 Å². The van der Waals surface area contributed by atoms with E-state index in [1.807, 2.05) is 54.6 Å². The van der Waals surface area contributed by atoms with Crippen LogP contribution in [-0.4, -0.2) is 0 Å². The van der Waals surface area contributed by atoms with Crippen molar-refractivity contribution in [2.45, 2.75) is 39.5 Å². The molecule has 0 aliphatic heterocycles. The second kappa shape index (κ2) is 10.7. The normalized spacial score (nSPS) is 10.3. The van der Waals surface area contributed by atoms with Crippen LogP contribution in [-0.2, 0) is 6.42 Å². The molecular formula is C32H27F. The van der Waals surface area contributed by atoms with Crippen molar-refractivity contribution in [2.24, 2.45) is 0 Å². The molecule has 4 aromatic carbocycles. The van der Waals surface area contributed by atoms with Crippen molar-refractivity contribution in [3.63, 3.8) is 0 Å². The first-order valence-electron chi connectivity index (χ1n) is 11.5. The summed E-state index contributed by atoms with van der Waals surface area (Å²) in [5.74, 6) is 12.2. The summed E-state index contributed by atoms with van der Waals surface area (Å²) in [7, 11) is 0. The van der Waals surface area contributed by atoms with Crippen LogP contribution in [0.5, 0.6) is 0 Å². The van der Waals surface area contributed by atoms with Crippen molar-refractivity contribution in [2.75, 3.05) is 0 Å². The highest BCUT2D eigenvalue weighted by atomic mass is 19.1. The van der Waals surface area contributed by atoms with Crippen LogP contribution in [0.15, 0.2) is 78.9 Å². The molecule has 0 unspecified atom stereocenters. The van der Waals surface area contributed by atoms with Gasteiger partial charge in [0, 0.05) is 22.1 Å². The molecule has 0 aliphatic carbocycles. The summed E-state index contributed by atoms with van der Waals surface area (Å²) < 4.78 is 15.0. The Balaban J connectivity index is 1.49. The topological polar surface area (TPSA) is 0 Å². The van der Waals surface area contributed by atoms with Crippen LogP contribution in [0.1, 0.15) is 59.6 Å². The van der Waals surface area contributed by atoms with Gasteiger partial charge in [-0.05, 0) is 73.2 Å². The Morgan fingerprint density at radius 3 is 1.91 bits per heavy atom. The van der Waals surface area contributed by atoms with E-state index in [4.69, 9.17) is 0 Å². The maximum Gasteiger partial charge on any atom is 0.146 e. The van der Waals surface area contributed by atoms with Gasteiger partial charge < -0.3 is 0 Å². The highest BCUT2D eigenvalue weighted by Gasteiger charge is 2.06. The first-order chi connectivity index (χ1) is 16.1. The molecule has 4 rings (SSSR count). The lowest BCUT2D eigenvalue weighted by molar-refractivity contribution is 0.636. The minimum absolute atomic E-state index is 0.249. The van der Waals surface area contributed by atoms with Gasteiger partial charge in [-0.1, -0.05) is 85.4 Å². The van der Waals surface area contributed by atoms with Crippen LogP contribution in [0.3, 0.4) is 0 Å². The van der Waals surface area contributed by atoms with Gasteiger partial charge in [-0.25, -0.2) is 4.39 Å². The number of hydrogen-bond donors (Lipinski definition) is 0. The second-order valence-electron chi connectivity index (χ2n) is 8.38.